The lowest BCUT2D eigenvalue weighted by molar-refractivity contribution is -0.107. The first-order valence-corrected chi connectivity index (χ1v) is 9.83. The van der Waals surface area contributed by atoms with Crippen LogP contribution in [0.15, 0.2) is 16.1 Å². The molecule has 0 bridgehead atoms. The molecule has 1 saturated carbocycles. The van der Waals surface area contributed by atoms with Crippen LogP contribution in [0.2, 0.25) is 0 Å². The molecular formula is C17H23N3O3S. The number of nitrogens with one attached hydrogen (secondary N) is 1. The highest BCUT2D eigenvalue weighted by Gasteiger charge is 2.39. The van der Waals surface area contributed by atoms with Gasteiger partial charge in [-0.3, -0.25) is 14.2 Å². The van der Waals surface area contributed by atoms with Gasteiger partial charge in [0.05, 0.1) is 5.60 Å². The zero-order chi connectivity index (χ0) is 16.6. The van der Waals surface area contributed by atoms with Gasteiger partial charge in [0.15, 0.2) is 5.16 Å². The molecule has 2 fully saturated rings. The SMILES string of the molecule is O=C(NC1CCOC2(CCCCC2)C1)c1cnc2n(c1=O)CCS2. The van der Waals surface area contributed by atoms with E-state index < -0.39 is 0 Å². The largest absolute Gasteiger partial charge is 0.375 e. The monoisotopic (exact) mass is 349 g/mol. The van der Waals surface area contributed by atoms with Gasteiger partial charge in [0.2, 0.25) is 0 Å². The number of amides is 1. The van der Waals surface area contributed by atoms with Crippen molar-refractivity contribution in [3.8, 4) is 0 Å². The molecule has 3 aliphatic rings. The average molecular weight is 349 g/mol. The van der Waals surface area contributed by atoms with Crippen molar-refractivity contribution in [2.75, 3.05) is 12.4 Å². The summed E-state index contributed by atoms with van der Waals surface area (Å²) in [7, 11) is 0. The Morgan fingerprint density at radius 3 is 3.04 bits per heavy atom. The topological polar surface area (TPSA) is 73.2 Å². The van der Waals surface area contributed by atoms with Gasteiger partial charge in [-0.15, -0.1) is 0 Å². The highest BCUT2D eigenvalue weighted by atomic mass is 32.2. The number of rotatable bonds is 2. The lowest BCUT2D eigenvalue weighted by atomic mass is 9.78. The van der Waals surface area contributed by atoms with Crippen LogP contribution >= 0.6 is 11.8 Å². The molecule has 1 atom stereocenters. The summed E-state index contributed by atoms with van der Waals surface area (Å²) in [6.07, 6.45) is 8.94. The number of ether oxygens (including phenoxy) is 1. The van der Waals surface area contributed by atoms with Gasteiger partial charge in [0.25, 0.3) is 11.5 Å². The van der Waals surface area contributed by atoms with Crippen molar-refractivity contribution in [2.45, 2.75) is 68.3 Å². The molecule has 4 rings (SSSR count). The third kappa shape index (κ3) is 2.99. The first kappa shape index (κ1) is 16.1. The van der Waals surface area contributed by atoms with Gasteiger partial charge in [-0.05, 0) is 25.7 Å². The van der Waals surface area contributed by atoms with E-state index in [2.05, 4.69) is 10.3 Å². The predicted molar refractivity (Wildman–Crippen MR) is 91.5 cm³/mol. The van der Waals surface area contributed by atoms with Crippen LogP contribution in [0.25, 0.3) is 0 Å². The Balaban J connectivity index is 1.47. The highest BCUT2D eigenvalue weighted by molar-refractivity contribution is 7.99. The molecule has 1 amide bonds. The van der Waals surface area contributed by atoms with E-state index in [0.29, 0.717) is 18.3 Å². The average Bonchev–Trinajstić information content (AvgIpc) is 3.05. The first-order valence-electron chi connectivity index (χ1n) is 8.84. The molecule has 0 aromatic carbocycles. The van der Waals surface area contributed by atoms with Gasteiger partial charge in [0, 0.05) is 31.1 Å². The molecule has 24 heavy (non-hydrogen) atoms. The minimum atomic E-state index is -0.294. The molecule has 7 heteroatoms. The quantitative estimate of drug-likeness (QED) is 0.826. The predicted octanol–water partition coefficient (Wildman–Crippen LogP) is 1.96. The van der Waals surface area contributed by atoms with Crippen molar-refractivity contribution in [3.63, 3.8) is 0 Å². The highest BCUT2D eigenvalue weighted by Crippen LogP contribution is 2.38. The van der Waals surface area contributed by atoms with Crippen molar-refractivity contribution in [2.24, 2.45) is 0 Å². The molecule has 1 saturated heterocycles. The van der Waals surface area contributed by atoms with Crippen LogP contribution in [0.5, 0.6) is 0 Å². The van der Waals surface area contributed by atoms with E-state index >= 15 is 0 Å². The maximum Gasteiger partial charge on any atom is 0.267 e. The van der Waals surface area contributed by atoms with Gasteiger partial charge in [0.1, 0.15) is 5.56 Å². The van der Waals surface area contributed by atoms with Crippen LogP contribution in [-0.2, 0) is 11.3 Å². The molecule has 1 aromatic rings. The van der Waals surface area contributed by atoms with Gasteiger partial charge >= 0.3 is 0 Å². The Bertz CT molecular complexity index is 691. The third-order valence-electron chi connectivity index (χ3n) is 5.39. The Morgan fingerprint density at radius 1 is 1.38 bits per heavy atom. The zero-order valence-electron chi connectivity index (χ0n) is 13.8. The molecule has 1 unspecified atom stereocenters. The maximum absolute atomic E-state index is 12.6. The number of thioether (sulfide) groups is 1. The van der Waals surface area contributed by atoms with E-state index in [1.165, 1.54) is 25.5 Å². The lowest BCUT2D eigenvalue weighted by Gasteiger charge is -2.43. The summed E-state index contributed by atoms with van der Waals surface area (Å²) in [6.45, 7) is 1.32. The van der Waals surface area contributed by atoms with Gasteiger partial charge < -0.3 is 10.1 Å². The summed E-state index contributed by atoms with van der Waals surface area (Å²) in [6, 6.07) is 0.0800. The van der Waals surface area contributed by atoms with E-state index in [4.69, 9.17) is 4.74 Å². The molecule has 0 radical (unpaired) electrons. The summed E-state index contributed by atoms with van der Waals surface area (Å²) >= 11 is 1.56. The van der Waals surface area contributed by atoms with Crippen LogP contribution in [-0.4, -0.2) is 39.5 Å². The maximum atomic E-state index is 12.6. The number of fused-ring (bicyclic) bond motifs is 1. The standard InChI is InChI=1S/C17H23N3O3S/c21-14(13-11-18-16-20(15(13)22)7-9-24-16)19-12-4-8-23-17(10-12)5-2-1-3-6-17/h11-12H,1-10H2,(H,19,21). The third-order valence-corrected chi connectivity index (χ3v) is 6.36. The van der Waals surface area contributed by atoms with Crippen LogP contribution < -0.4 is 10.9 Å². The second kappa shape index (κ2) is 6.52. The molecule has 1 aliphatic carbocycles. The second-order valence-electron chi connectivity index (χ2n) is 7.02. The minimum Gasteiger partial charge on any atom is -0.375 e. The summed E-state index contributed by atoms with van der Waals surface area (Å²) in [5.74, 6) is 0.549. The fraction of sp³-hybridized carbons (Fsp3) is 0.706. The van der Waals surface area contributed by atoms with Crippen molar-refractivity contribution < 1.29 is 9.53 Å². The molecule has 1 aromatic heterocycles. The van der Waals surface area contributed by atoms with Crippen molar-refractivity contribution in [1.82, 2.24) is 14.9 Å². The lowest BCUT2D eigenvalue weighted by Crippen LogP contribution is -2.50. The van der Waals surface area contributed by atoms with E-state index in [0.717, 1.165) is 31.4 Å². The van der Waals surface area contributed by atoms with Crippen molar-refractivity contribution in [3.05, 3.63) is 22.1 Å². The number of aromatic nitrogens is 2. The number of carbonyl (C=O) groups excluding carboxylic acids is 1. The first-order chi connectivity index (χ1) is 11.7. The summed E-state index contributed by atoms with van der Waals surface area (Å²) in [5.41, 5.74) is -0.122. The smallest absolute Gasteiger partial charge is 0.267 e. The van der Waals surface area contributed by atoms with Crippen LogP contribution in [0.4, 0.5) is 0 Å². The number of hydrogen-bond acceptors (Lipinski definition) is 5. The van der Waals surface area contributed by atoms with E-state index in [-0.39, 0.29) is 28.7 Å². The van der Waals surface area contributed by atoms with Crippen LogP contribution in [0.1, 0.15) is 55.3 Å². The molecule has 6 nitrogen and oxygen atoms in total. The van der Waals surface area contributed by atoms with Gasteiger partial charge in [-0.1, -0.05) is 31.0 Å². The second-order valence-corrected chi connectivity index (χ2v) is 8.08. The van der Waals surface area contributed by atoms with E-state index in [1.807, 2.05) is 0 Å². The number of carbonyl (C=O) groups is 1. The minimum absolute atomic E-state index is 0.0592. The summed E-state index contributed by atoms with van der Waals surface area (Å²) < 4.78 is 7.68. The van der Waals surface area contributed by atoms with Crippen LogP contribution in [0.3, 0.4) is 0 Å². The Hall–Kier alpha value is -1.34. The molecule has 2 aliphatic heterocycles. The van der Waals surface area contributed by atoms with Crippen molar-refractivity contribution >= 4 is 17.7 Å². The number of hydrogen-bond donors (Lipinski definition) is 1. The van der Waals surface area contributed by atoms with Crippen molar-refractivity contribution in [1.29, 1.82) is 0 Å². The number of nitrogens with zero attached hydrogens (tertiary/aromatic N) is 2. The molecule has 3 heterocycles. The van der Waals surface area contributed by atoms with Gasteiger partial charge in [-0.2, -0.15) is 0 Å². The fourth-order valence-corrected chi connectivity index (χ4v) is 5.05. The van der Waals surface area contributed by atoms with E-state index in [9.17, 15) is 9.59 Å². The van der Waals surface area contributed by atoms with E-state index in [1.54, 1.807) is 16.3 Å². The normalized spacial score (nSPS) is 25.4. The Labute approximate surface area is 145 Å². The molecule has 1 N–H and O–H groups in total. The zero-order valence-corrected chi connectivity index (χ0v) is 14.6. The molecular weight excluding hydrogens is 326 g/mol. The molecule has 130 valence electrons. The fourth-order valence-electron chi connectivity index (χ4n) is 4.13. The van der Waals surface area contributed by atoms with Crippen LogP contribution in [0, 0.1) is 0 Å². The van der Waals surface area contributed by atoms with Gasteiger partial charge in [-0.25, -0.2) is 4.98 Å². The molecule has 1 spiro atoms. The summed E-state index contributed by atoms with van der Waals surface area (Å²) in [4.78, 5) is 29.3. The summed E-state index contributed by atoms with van der Waals surface area (Å²) in [5, 5.41) is 3.77. The Morgan fingerprint density at radius 2 is 2.21 bits per heavy atom. The Kier molecular flexibility index (Phi) is 4.39.